The van der Waals surface area contributed by atoms with Gasteiger partial charge in [-0.1, -0.05) is 0 Å². The predicted octanol–water partition coefficient (Wildman–Crippen LogP) is 1.55. The second kappa shape index (κ2) is 2.93. The van der Waals surface area contributed by atoms with Crippen molar-refractivity contribution in [2.75, 3.05) is 0 Å². The van der Waals surface area contributed by atoms with E-state index in [9.17, 15) is 18.0 Å². The zero-order valence-electron chi connectivity index (χ0n) is 7.01. The number of amides is 2. The molecule has 0 saturated heterocycles. The van der Waals surface area contributed by atoms with Crippen molar-refractivity contribution < 1.29 is 18.0 Å². The number of alkyl halides is 3. The molecule has 0 spiro atoms. The maximum atomic E-state index is 12.2. The summed E-state index contributed by atoms with van der Waals surface area (Å²) in [5.74, 6) is 0. The van der Waals surface area contributed by atoms with Gasteiger partial charge in [0.05, 0.1) is 0 Å². The lowest BCUT2D eigenvalue weighted by Gasteiger charge is -2.24. The van der Waals surface area contributed by atoms with Crippen molar-refractivity contribution in [3.8, 4) is 0 Å². The van der Waals surface area contributed by atoms with Gasteiger partial charge in [-0.15, -0.1) is 0 Å². The average molecular weight is 192 g/mol. The number of rotatable bonds is 0. The number of urea groups is 1. The first-order valence-corrected chi connectivity index (χ1v) is 3.53. The maximum Gasteiger partial charge on any atom is 0.414 e. The first-order chi connectivity index (χ1) is 5.82. The fourth-order valence-corrected chi connectivity index (χ4v) is 0.984. The van der Waals surface area contributed by atoms with E-state index in [2.05, 4.69) is 10.6 Å². The van der Waals surface area contributed by atoms with Gasteiger partial charge in [0.15, 0.2) is 6.04 Å². The molecule has 0 N–H and O–H groups in total. The highest BCUT2D eigenvalue weighted by Gasteiger charge is 2.46. The summed E-state index contributed by atoms with van der Waals surface area (Å²) in [5.41, 5.74) is 0.0782. The van der Waals surface area contributed by atoms with Crippen molar-refractivity contribution >= 4 is 6.03 Å². The van der Waals surface area contributed by atoms with Gasteiger partial charge in [-0.3, -0.25) is 0 Å². The van der Waals surface area contributed by atoms with Crippen LogP contribution in [-0.2, 0) is 0 Å². The molecule has 1 atom stereocenters. The summed E-state index contributed by atoms with van der Waals surface area (Å²) in [6, 6.07) is -3.08. The van der Waals surface area contributed by atoms with Crippen LogP contribution in [0.4, 0.5) is 18.0 Å². The van der Waals surface area contributed by atoms with Crippen molar-refractivity contribution in [3.63, 3.8) is 0 Å². The third-order valence-corrected chi connectivity index (χ3v) is 1.79. The molecule has 2 radical (unpaired) electrons. The monoisotopic (exact) mass is 192 g/mol. The van der Waals surface area contributed by atoms with E-state index in [-0.39, 0.29) is 11.3 Å². The normalized spacial score (nSPS) is 24.1. The minimum Gasteiger partial charge on any atom is -0.244 e. The molecular weight excluding hydrogens is 185 g/mol. The lowest BCUT2D eigenvalue weighted by molar-refractivity contribution is -0.146. The Morgan fingerprint density at radius 2 is 1.85 bits per heavy atom. The van der Waals surface area contributed by atoms with E-state index in [4.69, 9.17) is 0 Å². The second-order valence-electron chi connectivity index (χ2n) is 2.74. The number of hydrogen-bond acceptors (Lipinski definition) is 1. The van der Waals surface area contributed by atoms with Crippen molar-refractivity contribution in [2.45, 2.75) is 26.1 Å². The van der Waals surface area contributed by atoms with E-state index in [0.29, 0.717) is 0 Å². The molecule has 6 heteroatoms. The van der Waals surface area contributed by atoms with Crippen LogP contribution in [0.3, 0.4) is 0 Å². The topological polar surface area (TPSA) is 45.3 Å². The molecule has 1 rings (SSSR count). The molecule has 0 aromatic carbocycles. The van der Waals surface area contributed by atoms with Crippen LogP contribution in [0.2, 0.25) is 0 Å². The zero-order valence-corrected chi connectivity index (χ0v) is 7.01. The molecule has 0 aromatic rings. The number of carbonyl (C=O) groups is 1. The first kappa shape index (κ1) is 9.88. The molecule has 72 valence electrons. The fraction of sp³-hybridized carbons (Fsp3) is 0.571. The van der Waals surface area contributed by atoms with Gasteiger partial charge in [0.1, 0.15) is 0 Å². The standard InChI is InChI=1S/C7H7F3N2O/c1-3-4(2)11-6(13)12-5(3)7(8,9)10/h5H,1-2H3. The summed E-state index contributed by atoms with van der Waals surface area (Å²) < 4.78 is 36.6. The van der Waals surface area contributed by atoms with E-state index in [1.165, 1.54) is 13.8 Å². The third-order valence-electron chi connectivity index (χ3n) is 1.79. The van der Waals surface area contributed by atoms with E-state index in [0.717, 1.165) is 0 Å². The van der Waals surface area contributed by atoms with Gasteiger partial charge in [0.2, 0.25) is 0 Å². The van der Waals surface area contributed by atoms with E-state index < -0.39 is 18.2 Å². The molecule has 0 saturated carbocycles. The largest absolute Gasteiger partial charge is 0.414 e. The predicted molar refractivity (Wildman–Crippen MR) is 37.9 cm³/mol. The zero-order chi connectivity index (χ0) is 10.2. The number of carbonyl (C=O) groups excluding carboxylic acids is 1. The van der Waals surface area contributed by atoms with Gasteiger partial charge in [-0.05, 0) is 19.4 Å². The van der Waals surface area contributed by atoms with Crippen LogP contribution >= 0.6 is 0 Å². The van der Waals surface area contributed by atoms with Crippen LogP contribution in [0.5, 0.6) is 0 Å². The van der Waals surface area contributed by atoms with Gasteiger partial charge < -0.3 is 0 Å². The molecule has 0 aromatic heterocycles. The number of nitrogens with zero attached hydrogens (tertiary/aromatic N) is 2. The smallest absolute Gasteiger partial charge is 0.244 e. The van der Waals surface area contributed by atoms with Gasteiger partial charge in [0, 0.05) is 5.70 Å². The van der Waals surface area contributed by atoms with Crippen molar-refractivity contribution in [1.29, 1.82) is 0 Å². The average Bonchev–Trinajstić information content (AvgIpc) is 1.94. The van der Waals surface area contributed by atoms with E-state index in [1.54, 1.807) is 0 Å². The number of hydrogen-bond donors (Lipinski definition) is 0. The summed E-state index contributed by atoms with van der Waals surface area (Å²) >= 11 is 0. The van der Waals surface area contributed by atoms with Crippen molar-refractivity contribution in [2.24, 2.45) is 0 Å². The van der Waals surface area contributed by atoms with Crippen LogP contribution in [0.25, 0.3) is 0 Å². The Morgan fingerprint density at radius 1 is 1.31 bits per heavy atom. The molecule has 1 aliphatic heterocycles. The fourth-order valence-electron chi connectivity index (χ4n) is 0.984. The molecule has 2 amide bonds. The Labute approximate surface area is 73.0 Å². The van der Waals surface area contributed by atoms with Crippen molar-refractivity contribution in [1.82, 2.24) is 10.6 Å². The van der Waals surface area contributed by atoms with Gasteiger partial charge in [-0.25, -0.2) is 10.1 Å². The van der Waals surface area contributed by atoms with Gasteiger partial charge in [0.25, 0.3) is 0 Å². The van der Waals surface area contributed by atoms with Gasteiger partial charge >= 0.3 is 12.2 Å². The summed E-state index contributed by atoms with van der Waals surface area (Å²) in [6.45, 7) is 2.63. The summed E-state index contributed by atoms with van der Waals surface area (Å²) in [6.07, 6.45) is -4.50. The first-order valence-electron chi connectivity index (χ1n) is 3.53. The second-order valence-corrected chi connectivity index (χ2v) is 2.74. The molecule has 13 heavy (non-hydrogen) atoms. The molecule has 3 nitrogen and oxygen atoms in total. The Hall–Kier alpha value is -1.20. The lowest BCUT2D eigenvalue weighted by atomic mass is 10.1. The Balaban J connectivity index is 2.99. The molecule has 0 fully saturated rings. The Bertz CT molecular complexity index is 269. The molecule has 1 heterocycles. The highest BCUT2D eigenvalue weighted by molar-refractivity contribution is 5.77. The summed E-state index contributed by atoms with van der Waals surface area (Å²) in [7, 11) is 0. The summed E-state index contributed by atoms with van der Waals surface area (Å²) in [4.78, 5) is 10.6. The lowest BCUT2D eigenvalue weighted by Crippen LogP contribution is -2.47. The minimum absolute atomic E-state index is 0.0212. The SMILES string of the molecule is CC1=C(C)C(C(F)(F)F)[N]C(=O)[N]1. The highest BCUT2D eigenvalue weighted by atomic mass is 19.4. The van der Waals surface area contributed by atoms with E-state index >= 15 is 0 Å². The molecule has 1 unspecified atom stereocenters. The van der Waals surface area contributed by atoms with E-state index in [1.807, 2.05) is 0 Å². The Morgan fingerprint density at radius 3 is 2.31 bits per heavy atom. The van der Waals surface area contributed by atoms with Crippen molar-refractivity contribution in [3.05, 3.63) is 11.3 Å². The number of halogens is 3. The van der Waals surface area contributed by atoms with Crippen LogP contribution < -0.4 is 10.6 Å². The molecular formula is C7H7F3N2O. The molecule has 0 bridgehead atoms. The van der Waals surface area contributed by atoms with Crippen LogP contribution in [0, 0.1) is 0 Å². The summed E-state index contributed by atoms with van der Waals surface area (Å²) in [5, 5.41) is 6.20. The maximum absolute atomic E-state index is 12.2. The van der Waals surface area contributed by atoms with Crippen LogP contribution in [0.1, 0.15) is 13.8 Å². The Kier molecular flexibility index (Phi) is 2.23. The molecule has 0 aliphatic carbocycles. The number of allylic oxidation sites excluding steroid dienone is 1. The van der Waals surface area contributed by atoms with Crippen LogP contribution in [-0.4, -0.2) is 18.2 Å². The quantitative estimate of drug-likeness (QED) is 0.574. The highest BCUT2D eigenvalue weighted by Crippen LogP contribution is 2.29. The third kappa shape index (κ3) is 1.93. The van der Waals surface area contributed by atoms with Gasteiger partial charge in [-0.2, -0.15) is 18.5 Å². The minimum atomic E-state index is -4.50. The van der Waals surface area contributed by atoms with Crippen LogP contribution in [0.15, 0.2) is 11.3 Å². The molecule has 1 aliphatic rings.